The Bertz CT molecular complexity index is 1370. The molecule has 3 aromatic carbocycles. The van der Waals surface area contributed by atoms with Crippen molar-refractivity contribution < 1.29 is 0 Å². The van der Waals surface area contributed by atoms with Crippen molar-refractivity contribution in [3.8, 4) is 22.9 Å². The highest BCUT2D eigenvalue weighted by atomic mass is 16.1. The van der Waals surface area contributed by atoms with Crippen molar-refractivity contribution in [2.75, 3.05) is 0 Å². The van der Waals surface area contributed by atoms with E-state index < -0.39 is 0 Å². The zero-order chi connectivity index (χ0) is 23.9. The second-order valence-corrected chi connectivity index (χ2v) is 8.38. The van der Waals surface area contributed by atoms with Crippen LogP contribution in [-0.4, -0.2) is 9.55 Å². The summed E-state index contributed by atoms with van der Waals surface area (Å²) in [6.45, 7) is 4.17. The molecule has 0 fully saturated rings. The summed E-state index contributed by atoms with van der Waals surface area (Å²) in [4.78, 5) is 18.9. The lowest BCUT2D eigenvalue weighted by molar-refractivity contribution is 0.718. The molecule has 0 N–H and O–H groups in total. The van der Waals surface area contributed by atoms with E-state index in [0.717, 1.165) is 53.2 Å². The van der Waals surface area contributed by atoms with Gasteiger partial charge in [-0.1, -0.05) is 87.0 Å². The van der Waals surface area contributed by atoms with E-state index in [1.165, 1.54) is 0 Å². The van der Waals surface area contributed by atoms with Crippen molar-refractivity contribution in [3.63, 3.8) is 0 Å². The fourth-order valence-electron chi connectivity index (χ4n) is 4.39. The van der Waals surface area contributed by atoms with Gasteiger partial charge in [-0.3, -0.25) is 9.36 Å². The Morgan fingerprint density at radius 3 is 2.26 bits per heavy atom. The second-order valence-electron chi connectivity index (χ2n) is 8.38. The van der Waals surface area contributed by atoms with Crippen LogP contribution in [0, 0.1) is 11.3 Å². The predicted molar refractivity (Wildman–Crippen MR) is 137 cm³/mol. The molecule has 1 aromatic heterocycles. The molecule has 4 aromatic rings. The van der Waals surface area contributed by atoms with Crippen molar-refractivity contribution in [1.29, 1.82) is 5.26 Å². The quantitative estimate of drug-likeness (QED) is 0.320. The molecule has 0 saturated heterocycles. The molecule has 0 bridgehead atoms. The van der Waals surface area contributed by atoms with Crippen LogP contribution in [0.1, 0.15) is 54.9 Å². The summed E-state index contributed by atoms with van der Waals surface area (Å²) in [5.41, 5.74) is 5.65. The van der Waals surface area contributed by atoms with Crippen molar-refractivity contribution in [3.05, 3.63) is 117 Å². The van der Waals surface area contributed by atoms with E-state index in [4.69, 9.17) is 4.98 Å². The fourth-order valence-corrected chi connectivity index (χ4v) is 4.39. The molecule has 0 amide bonds. The smallest absolute Gasteiger partial charge is 0.261 e. The molecule has 0 unspecified atom stereocenters. The van der Waals surface area contributed by atoms with Crippen molar-refractivity contribution in [2.24, 2.45) is 0 Å². The first-order chi connectivity index (χ1) is 16.7. The number of aromatic nitrogens is 2. The Morgan fingerprint density at radius 1 is 0.912 bits per heavy atom. The Labute approximate surface area is 201 Å². The Morgan fingerprint density at radius 2 is 1.62 bits per heavy atom. The first kappa shape index (κ1) is 23.2. The maximum absolute atomic E-state index is 13.9. The topological polar surface area (TPSA) is 58.7 Å². The van der Waals surface area contributed by atoms with Gasteiger partial charge in [-0.25, -0.2) is 4.98 Å². The lowest BCUT2D eigenvalue weighted by Crippen LogP contribution is -2.29. The highest BCUT2D eigenvalue weighted by Crippen LogP contribution is 2.27. The monoisotopic (exact) mass is 447 g/mol. The van der Waals surface area contributed by atoms with Gasteiger partial charge in [0, 0.05) is 18.4 Å². The molecule has 4 rings (SSSR count). The molecule has 0 aliphatic carbocycles. The molecule has 4 nitrogen and oxygen atoms in total. The average molecular weight is 448 g/mol. The minimum Gasteiger partial charge on any atom is -0.269 e. The predicted octanol–water partition coefficient (Wildman–Crippen LogP) is 6.27. The van der Waals surface area contributed by atoms with Crippen LogP contribution in [-0.2, 0) is 19.3 Å². The summed E-state index contributed by atoms with van der Waals surface area (Å²) in [5.74, 6) is 0.768. The van der Waals surface area contributed by atoms with E-state index >= 15 is 0 Å². The number of nitriles is 1. The van der Waals surface area contributed by atoms with Crippen LogP contribution in [0.5, 0.6) is 0 Å². The molecule has 34 heavy (non-hydrogen) atoms. The van der Waals surface area contributed by atoms with E-state index in [2.05, 4.69) is 13.0 Å². The maximum atomic E-state index is 13.9. The largest absolute Gasteiger partial charge is 0.269 e. The highest BCUT2D eigenvalue weighted by Gasteiger charge is 2.19. The van der Waals surface area contributed by atoms with Gasteiger partial charge >= 0.3 is 0 Å². The van der Waals surface area contributed by atoms with Gasteiger partial charge in [-0.05, 0) is 41.7 Å². The standard InChI is InChI=1S/C30H29N3O/c1-3-5-19-28-26(30(34)33(29(4-2)32-28)24-16-10-7-11-17-24)20-23-15-12-18-25(27(23)21-31)22-13-8-6-9-14-22/h6-18H,3-5,19-20H2,1-2H3. The van der Waals surface area contributed by atoms with Gasteiger partial charge in [0.05, 0.1) is 16.9 Å². The van der Waals surface area contributed by atoms with E-state index in [0.29, 0.717) is 24.0 Å². The highest BCUT2D eigenvalue weighted by molar-refractivity contribution is 5.72. The lowest BCUT2D eigenvalue weighted by atomic mass is 9.92. The maximum Gasteiger partial charge on any atom is 0.261 e. The van der Waals surface area contributed by atoms with Crippen molar-refractivity contribution in [1.82, 2.24) is 9.55 Å². The summed E-state index contributed by atoms with van der Waals surface area (Å²) in [6, 6.07) is 27.9. The van der Waals surface area contributed by atoms with Crippen LogP contribution in [0.2, 0.25) is 0 Å². The number of rotatable bonds is 8. The number of nitrogens with zero attached hydrogens (tertiary/aromatic N) is 3. The number of hydrogen-bond donors (Lipinski definition) is 0. The molecule has 0 atom stereocenters. The molecule has 0 saturated carbocycles. The Hall–Kier alpha value is -3.97. The van der Waals surface area contributed by atoms with Crippen LogP contribution in [0.25, 0.3) is 16.8 Å². The summed E-state index contributed by atoms with van der Waals surface area (Å²) < 4.78 is 1.73. The molecular weight excluding hydrogens is 418 g/mol. The molecule has 0 aliphatic rings. The minimum atomic E-state index is -0.0434. The molecule has 0 aliphatic heterocycles. The number of benzene rings is 3. The third kappa shape index (κ3) is 4.70. The average Bonchev–Trinajstić information content (AvgIpc) is 2.89. The zero-order valence-electron chi connectivity index (χ0n) is 19.8. The van der Waals surface area contributed by atoms with Gasteiger partial charge < -0.3 is 0 Å². The molecule has 4 heteroatoms. The fraction of sp³-hybridized carbons (Fsp3) is 0.233. The molecule has 0 spiro atoms. The van der Waals surface area contributed by atoms with Crippen LogP contribution >= 0.6 is 0 Å². The minimum absolute atomic E-state index is 0.0434. The first-order valence-corrected chi connectivity index (χ1v) is 11.9. The van der Waals surface area contributed by atoms with Gasteiger partial charge in [0.1, 0.15) is 11.9 Å². The zero-order valence-corrected chi connectivity index (χ0v) is 19.8. The number of aryl methyl sites for hydroxylation is 2. The Kier molecular flexibility index (Phi) is 7.34. The normalized spacial score (nSPS) is 10.7. The molecular formula is C30H29N3O. The van der Waals surface area contributed by atoms with E-state index in [1.807, 2.05) is 85.8 Å². The summed E-state index contributed by atoms with van der Waals surface area (Å²) >= 11 is 0. The third-order valence-electron chi connectivity index (χ3n) is 6.14. The third-order valence-corrected chi connectivity index (χ3v) is 6.14. The summed E-state index contributed by atoms with van der Waals surface area (Å²) in [6.07, 6.45) is 3.79. The van der Waals surface area contributed by atoms with E-state index in [-0.39, 0.29) is 5.56 Å². The van der Waals surface area contributed by atoms with E-state index in [1.54, 1.807) is 4.57 Å². The van der Waals surface area contributed by atoms with Gasteiger partial charge in [-0.2, -0.15) is 5.26 Å². The van der Waals surface area contributed by atoms with Gasteiger partial charge in [0.2, 0.25) is 0 Å². The Balaban J connectivity index is 1.89. The summed E-state index contributed by atoms with van der Waals surface area (Å²) in [7, 11) is 0. The van der Waals surface area contributed by atoms with Crippen LogP contribution in [0.15, 0.2) is 83.7 Å². The van der Waals surface area contributed by atoms with E-state index in [9.17, 15) is 10.1 Å². The second kappa shape index (κ2) is 10.8. The van der Waals surface area contributed by atoms with Gasteiger partial charge in [0.25, 0.3) is 5.56 Å². The van der Waals surface area contributed by atoms with Gasteiger partial charge in [0.15, 0.2) is 0 Å². The molecule has 0 radical (unpaired) electrons. The van der Waals surface area contributed by atoms with Crippen molar-refractivity contribution >= 4 is 0 Å². The first-order valence-electron chi connectivity index (χ1n) is 11.9. The van der Waals surface area contributed by atoms with Gasteiger partial charge in [-0.15, -0.1) is 0 Å². The van der Waals surface area contributed by atoms with Crippen LogP contribution in [0.4, 0.5) is 0 Å². The number of hydrogen-bond acceptors (Lipinski definition) is 3. The van der Waals surface area contributed by atoms with Crippen LogP contribution in [0.3, 0.4) is 0 Å². The van der Waals surface area contributed by atoms with Crippen molar-refractivity contribution in [2.45, 2.75) is 46.0 Å². The SMILES string of the molecule is CCCCc1nc(CC)n(-c2ccccc2)c(=O)c1Cc1cccc(-c2ccccc2)c1C#N. The molecule has 170 valence electrons. The van der Waals surface area contributed by atoms with Crippen LogP contribution < -0.4 is 5.56 Å². The number of para-hydroxylation sites is 1. The lowest BCUT2D eigenvalue weighted by Gasteiger charge is -2.17. The number of unbranched alkanes of at least 4 members (excludes halogenated alkanes) is 1. The summed E-state index contributed by atoms with van der Waals surface area (Å²) in [5, 5.41) is 10.1. The molecule has 1 heterocycles.